The summed E-state index contributed by atoms with van der Waals surface area (Å²) < 4.78 is 11.1. The minimum absolute atomic E-state index is 0.0572. The Balaban J connectivity index is 1.36. The molecule has 0 bridgehead atoms. The van der Waals surface area contributed by atoms with E-state index in [1.54, 1.807) is 47.4 Å². The van der Waals surface area contributed by atoms with Crippen molar-refractivity contribution in [1.29, 1.82) is 0 Å². The van der Waals surface area contributed by atoms with Crippen LogP contribution in [0.25, 0.3) is 0 Å². The van der Waals surface area contributed by atoms with Crippen LogP contribution in [-0.2, 0) is 11.2 Å². The Kier molecular flexibility index (Phi) is 7.15. The second kappa shape index (κ2) is 10.6. The van der Waals surface area contributed by atoms with Crippen LogP contribution in [0.4, 0.5) is 5.69 Å². The van der Waals surface area contributed by atoms with Crippen LogP contribution in [-0.4, -0.2) is 49.6 Å². The maximum atomic E-state index is 12.8. The molecule has 0 atom stereocenters. The highest BCUT2D eigenvalue weighted by molar-refractivity contribution is 6.05. The summed E-state index contributed by atoms with van der Waals surface area (Å²) in [5, 5.41) is 2.88. The second-order valence-corrected chi connectivity index (χ2v) is 7.55. The first-order chi connectivity index (χ1) is 15.7. The molecule has 2 amide bonds. The molecule has 0 radical (unpaired) electrons. The van der Waals surface area contributed by atoms with Gasteiger partial charge in [-0.15, -0.1) is 0 Å². The number of morpholine rings is 1. The van der Waals surface area contributed by atoms with Gasteiger partial charge in [-0.2, -0.15) is 0 Å². The summed E-state index contributed by atoms with van der Waals surface area (Å²) >= 11 is 0. The Hall–Kier alpha value is -3.64. The summed E-state index contributed by atoms with van der Waals surface area (Å²) in [4.78, 5) is 27.2. The minimum atomic E-state index is -0.255. The predicted molar refractivity (Wildman–Crippen MR) is 123 cm³/mol. The van der Waals surface area contributed by atoms with Gasteiger partial charge in [0.05, 0.1) is 19.8 Å². The number of carbonyl (C=O) groups is 2. The van der Waals surface area contributed by atoms with Crippen LogP contribution >= 0.6 is 0 Å². The first-order valence-electron chi connectivity index (χ1n) is 10.7. The molecule has 32 heavy (non-hydrogen) atoms. The standard InChI is InChI=1S/C26H26N2O4/c29-25(21-8-5-11-24(19-21)32-15-12-20-6-2-1-3-7-20)27-23-10-4-9-22(18-23)26(30)28-13-16-31-17-14-28/h1-11,18-19H,12-17H2,(H,27,29). The Morgan fingerprint density at radius 2 is 1.62 bits per heavy atom. The van der Waals surface area contributed by atoms with Crippen molar-refractivity contribution < 1.29 is 19.1 Å². The molecule has 1 fully saturated rings. The van der Waals surface area contributed by atoms with Crippen LogP contribution in [0.3, 0.4) is 0 Å². The van der Waals surface area contributed by atoms with E-state index in [-0.39, 0.29) is 11.8 Å². The van der Waals surface area contributed by atoms with Gasteiger partial charge in [-0.3, -0.25) is 9.59 Å². The number of rotatable bonds is 7. The van der Waals surface area contributed by atoms with Crippen molar-refractivity contribution in [2.24, 2.45) is 0 Å². The number of benzene rings is 3. The Morgan fingerprint density at radius 1 is 0.875 bits per heavy atom. The molecule has 1 aliphatic rings. The molecule has 164 valence electrons. The molecule has 4 rings (SSSR count). The number of hydrogen-bond acceptors (Lipinski definition) is 4. The summed E-state index contributed by atoms with van der Waals surface area (Å²) in [6, 6.07) is 24.2. The van der Waals surface area contributed by atoms with Gasteiger partial charge >= 0.3 is 0 Å². The van der Waals surface area contributed by atoms with Crippen molar-refractivity contribution in [3.63, 3.8) is 0 Å². The van der Waals surface area contributed by atoms with E-state index in [0.717, 1.165) is 6.42 Å². The van der Waals surface area contributed by atoms with Gasteiger partial charge < -0.3 is 19.7 Å². The fraction of sp³-hybridized carbons (Fsp3) is 0.231. The van der Waals surface area contributed by atoms with Crippen molar-refractivity contribution in [2.45, 2.75) is 6.42 Å². The highest BCUT2D eigenvalue weighted by Gasteiger charge is 2.19. The molecule has 1 aliphatic heterocycles. The largest absolute Gasteiger partial charge is 0.493 e. The molecule has 3 aromatic carbocycles. The molecule has 0 unspecified atom stereocenters. The molecular weight excluding hydrogens is 404 g/mol. The van der Waals surface area contributed by atoms with Crippen molar-refractivity contribution in [2.75, 3.05) is 38.2 Å². The van der Waals surface area contributed by atoms with Gasteiger partial charge in [-0.05, 0) is 42.0 Å². The molecule has 1 heterocycles. The van der Waals surface area contributed by atoms with Crippen LogP contribution in [0, 0.1) is 0 Å². The van der Waals surface area contributed by atoms with Crippen molar-refractivity contribution in [3.8, 4) is 5.75 Å². The lowest BCUT2D eigenvalue weighted by Crippen LogP contribution is -2.40. The highest BCUT2D eigenvalue weighted by Crippen LogP contribution is 2.18. The summed E-state index contributed by atoms with van der Waals surface area (Å²) in [6.07, 6.45) is 0.793. The molecule has 1 saturated heterocycles. The van der Waals surface area contributed by atoms with Crippen LogP contribution in [0.2, 0.25) is 0 Å². The smallest absolute Gasteiger partial charge is 0.255 e. The predicted octanol–water partition coefficient (Wildman–Crippen LogP) is 4.03. The average molecular weight is 431 g/mol. The van der Waals surface area contributed by atoms with E-state index in [4.69, 9.17) is 9.47 Å². The van der Waals surface area contributed by atoms with Gasteiger partial charge in [-0.1, -0.05) is 42.5 Å². The van der Waals surface area contributed by atoms with Gasteiger partial charge in [-0.25, -0.2) is 0 Å². The zero-order valence-electron chi connectivity index (χ0n) is 17.8. The Labute approximate surface area is 187 Å². The summed E-state index contributed by atoms with van der Waals surface area (Å²) in [6.45, 7) is 2.78. The van der Waals surface area contributed by atoms with Crippen molar-refractivity contribution in [1.82, 2.24) is 4.90 Å². The topological polar surface area (TPSA) is 67.9 Å². The van der Waals surface area contributed by atoms with E-state index in [1.807, 2.05) is 24.3 Å². The normalized spacial score (nSPS) is 13.4. The maximum Gasteiger partial charge on any atom is 0.255 e. The fourth-order valence-corrected chi connectivity index (χ4v) is 3.54. The Morgan fingerprint density at radius 3 is 2.44 bits per heavy atom. The molecule has 6 nitrogen and oxygen atoms in total. The number of ether oxygens (including phenoxy) is 2. The molecule has 0 saturated carbocycles. The Bertz CT molecular complexity index is 1060. The molecule has 0 aliphatic carbocycles. The van der Waals surface area contributed by atoms with E-state index in [9.17, 15) is 9.59 Å². The first kappa shape index (κ1) is 21.6. The zero-order chi connectivity index (χ0) is 22.2. The quantitative estimate of drug-likeness (QED) is 0.615. The van der Waals surface area contributed by atoms with Gasteiger partial charge in [0.15, 0.2) is 0 Å². The zero-order valence-corrected chi connectivity index (χ0v) is 17.8. The molecule has 6 heteroatoms. The number of nitrogens with one attached hydrogen (secondary N) is 1. The summed E-state index contributed by atoms with van der Waals surface area (Å²) in [7, 11) is 0. The second-order valence-electron chi connectivity index (χ2n) is 7.55. The lowest BCUT2D eigenvalue weighted by molar-refractivity contribution is 0.0303. The molecule has 3 aromatic rings. The third kappa shape index (κ3) is 5.74. The number of nitrogens with zero attached hydrogens (tertiary/aromatic N) is 1. The number of amides is 2. The van der Waals surface area contributed by atoms with E-state index in [2.05, 4.69) is 17.4 Å². The minimum Gasteiger partial charge on any atom is -0.493 e. The number of anilines is 1. The van der Waals surface area contributed by atoms with E-state index in [0.29, 0.717) is 55.5 Å². The van der Waals surface area contributed by atoms with Crippen LogP contribution in [0.1, 0.15) is 26.3 Å². The van der Waals surface area contributed by atoms with Gasteiger partial charge in [0.1, 0.15) is 5.75 Å². The van der Waals surface area contributed by atoms with Gasteiger partial charge in [0, 0.05) is 36.3 Å². The van der Waals surface area contributed by atoms with Gasteiger partial charge in [0.2, 0.25) is 0 Å². The number of carbonyl (C=O) groups excluding carboxylic acids is 2. The van der Waals surface area contributed by atoms with Crippen LogP contribution in [0.15, 0.2) is 78.9 Å². The first-order valence-corrected chi connectivity index (χ1v) is 10.7. The van der Waals surface area contributed by atoms with Gasteiger partial charge in [0.25, 0.3) is 11.8 Å². The molecular formula is C26H26N2O4. The fourth-order valence-electron chi connectivity index (χ4n) is 3.54. The third-order valence-electron chi connectivity index (χ3n) is 5.26. The lowest BCUT2D eigenvalue weighted by atomic mass is 10.1. The highest BCUT2D eigenvalue weighted by atomic mass is 16.5. The van der Waals surface area contributed by atoms with E-state index in [1.165, 1.54) is 5.56 Å². The summed E-state index contributed by atoms with van der Waals surface area (Å²) in [5.41, 5.74) is 2.81. The SMILES string of the molecule is O=C(Nc1cccc(C(=O)N2CCOCC2)c1)c1cccc(OCCc2ccccc2)c1. The molecule has 1 N–H and O–H groups in total. The lowest BCUT2D eigenvalue weighted by Gasteiger charge is -2.27. The van der Waals surface area contributed by atoms with E-state index < -0.39 is 0 Å². The maximum absolute atomic E-state index is 12.8. The molecule has 0 aromatic heterocycles. The van der Waals surface area contributed by atoms with Crippen molar-refractivity contribution in [3.05, 3.63) is 95.6 Å². The monoisotopic (exact) mass is 430 g/mol. The number of hydrogen-bond donors (Lipinski definition) is 1. The van der Waals surface area contributed by atoms with Crippen LogP contribution < -0.4 is 10.1 Å². The molecule has 0 spiro atoms. The average Bonchev–Trinajstić information content (AvgIpc) is 2.85. The summed E-state index contributed by atoms with van der Waals surface area (Å²) in [5.74, 6) is 0.331. The van der Waals surface area contributed by atoms with E-state index >= 15 is 0 Å². The van der Waals surface area contributed by atoms with Crippen molar-refractivity contribution >= 4 is 17.5 Å². The third-order valence-corrected chi connectivity index (χ3v) is 5.26. The van der Waals surface area contributed by atoms with Crippen LogP contribution in [0.5, 0.6) is 5.75 Å².